The van der Waals surface area contributed by atoms with Gasteiger partial charge < -0.3 is 5.21 Å². The maximum atomic E-state index is 12.7. The molecule has 0 bridgehead atoms. The topological polar surface area (TPSA) is 92.5 Å². The molecule has 1 aliphatic heterocycles. The molecule has 0 radical (unpaired) electrons. The van der Waals surface area contributed by atoms with Gasteiger partial charge in [-0.05, 0) is 17.5 Å². The van der Waals surface area contributed by atoms with Crippen LogP contribution in [0.2, 0.25) is 0 Å². The van der Waals surface area contributed by atoms with Gasteiger partial charge in [0.1, 0.15) is 10.4 Å². The van der Waals surface area contributed by atoms with Crippen molar-refractivity contribution in [2.24, 2.45) is 0 Å². The van der Waals surface area contributed by atoms with Crippen LogP contribution in [-0.2, 0) is 5.66 Å². The lowest BCUT2D eigenvalue weighted by Crippen LogP contribution is -2.40. The summed E-state index contributed by atoms with van der Waals surface area (Å²) in [4.78, 5) is 11.2. The molecule has 0 spiro atoms. The predicted octanol–water partition coefficient (Wildman–Crippen LogP) is 2.70. The van der Waals surface area contributed by atoms with Crippen molar-refractivity contribution in [2.75, 3.05) is 0 Å². The molecule has 23 heavy (non-hydrogen) atoms. The Kier molecular flexibility index (Phi) is 3.41. The number of benzene rings is 1. The SMILES string of the molecule is CC1=[N+]([O-])[C@](C)(c2cccc([N+](=O)[O-])c2)[N+](O)=C1c1cccs1. The van der Waals surface area contributed by atoms with Crippen LogP contribution in [0, 0.1) is 15.3 Å². The smallest absolute Gasteiger partial charge is 0.431 e. The van der Waals surface area contributed by atoms with Gasteiger partial charge in [-0.15, -0.1) is 16.1 Å². The summed E-state index contributed by atoms with van der Waals surface area (Å²) in [7, 11) is 0. The van der Waals surface area contributed by atoms with E-state index < -0.39 is 10.6 Å². The molecular weight excluding hydrogens is 318 g/mol. The van der Waals surface area contributed by atoms with Gasteiger partial charge in [0.15, 0.2) is 0 Å². The molecule has 7 nitrogen and oxygen atoms in total. The van der Waals surface area contributed by atoms with Gasteiger partial charge in [-0.25, -0.2) is 0 Å². The standard InChI is InChI=1S/C15H14N3O4S/c1-10-14(13-7-4-8-23-13)17(20)15(2,16(10)19)11-5-3-6-12(9-11)18(21)22/h3-9,20H,1-2H3/q+1/t15-/m0/s1. The maximum Gasteiger partial charge on any atom is 0.431 e. The molecule has 2 aromatic rings. The molecule has 0 fully saturated rings. The van der Waals surface area contributed by atoms with Crippen LogP contribution in [0.25, 0.3) is 0 Å². The van der Waals surface area contributed by atoms with E-state index in [1.807, 2.05) is 11.4 Å². The van der Waals surface area contributed by atoms with Gasteiger partial charge in [0.05, 0.1) is 16.6 Å². The summed E-state index contributed by atoms with van der Waals surface area (Å²) >= 11 is 1.40. The van der Waals surface area contributed by atoms with Crippen molar-refractivity contribution in [3.63, 3.8) is 0 Å². The normalized spacial score (nSPS) is 21.1. The Morgan fingerprint density at radius 2 is 2.04 bits per heavy atom. The van der Waals surface area contributed by atoms with Crippen molar-refractivity contribution in [2.45, 2.75) is 19.5 Å². The number of hydrogen-bond acceptors (Lipinski definition) is 5. The number of hydroxylamine groups is 2. The lowest BCUT2D eigenvalue weighted by molar-refractivity contribution is -0.929. The zero-order chi connectivity index (χ0) is 16.8. The van der Waals surface area contributed by atoms with Crippen molar-refractivity contribution in [3.8, 4) is 0 Å². The average molecular weight is 332 g/mol. The van der Waals surface area contributed by atoms with E-state index in [1.165, 1.54) is 36.5 Å². The first-order chi connectivity index (χ1) is 10.9. The fourth-order valence-electron chi connectivity index (χ4n) is 2.73. The molecule has 1 aromatic carbocycles. The van der Waals surface area contributed by atoms with Crippen molar-refractivity contribution < 1.29 is 19.6 Å². The van der Waals surface area contributed by atoms with Crippen molar-refractivity contribution >= 4 is 28.4 Å². The largest absolute Gasteiger partial charge is 0.618 e. The zero-order valence-electron chi connectivity index (χ0n) is 12.5. The summed E-state index contributed by atoms with van der Waals surface area (Å²) in [5.41, 5.74) is -0.495. The monoisotopic (exact) mass is 332 g/mol. The zero-order valence-corrected chi connectivity index (χ0v) is 13.3. The van der Waals surface area contributed by atoms with Crippen LogP contribution < -0.4 is 0 Å². The van der Waals surface area contributed by atoms with Crippen LogP contribution in [0.5, 0.6) is 0 Å². The minimum atomic E-state index is -1.46. The van der Waals surface area contributed by atoms with E-state index in [9.17, 15) is 20.5 Å². The summed E-state index contributed by atoms with van der Waals surface area (Å²) in [6, 6.07) is 9.37. The first-order valence-electron chi connectivity index (χ1n) is 6.83. The Hall–Kier alpha value is -2.74. The van der Waals surface area contributed by atoms with Crippen LogP contribution in [0.4, 0.5) is 5.69 Å². The molecule has 0 unspecified atom stereocenters. The van der Waals surface area contributed by atoms with E-state index in [1.54, 1.807) is 19.1 Å². The van der Waals surface area contributed by atoms with E-state index in [2.05, 4.69) is 0 Å². The third-order valence-corrected chi connectivity index (χ3v) is 4.90. The van der Waals surface area contributed by atoms with Crippen LogP contribution in [-0.4, -0.2) is 31.0 Å². The van der Waals surface area contributed by atoms with Gasteiger partial charge in [0.25, 0.3) is 11.4 Å². The van der Waals surface area contributed by atoms with Crippen LogP contribution >= 0.6 is 11.3 Å². The highest BCUT2D eigenvalue weighted by Crippen LogP contribution is 2.33. The molecule has 1 aromatic heterocycles. The highest BCUT2D eigenvalue weighted by Gasteiger charge is 2.59. The number of non-ortho nitro benzene ring substituents is 1. The maximum absolute atomic E-state index is 12.7. The van der Waals surface area contributed by atoms with Crippen LogP contribution in [0.3, 0.4) is 0 Å². The van der Waals surface area contributed by atoms with E-state index >= 15 is 0 Å². The fraction of sp³-hybridized carbons (Fsp3) is 0.200. The quantitative estimate of drug-likeness (QED) is 0.307. The van der Waals surface area contributed by atoms with E-state index in [0.717, 1.165) is 9.62 Å². The van der Waals surface area contributed by atoms with Gasteiger partial charge in [0, 0.05) is 19.1 Å². The molecule has 8 heteroatoms. The molecular formula is C15H14N3O4S+. The summed E-state index contributed by atoms with van der Waals surface area (Å²) < 4.78 is 1.57. The molecule has 118 valence electrons. The number of thiophene rings is 1. The number of hydrogen-bond donors (Lipinski definition) is 1. The Morgan fingerprint density at radius 1 is 1.30 bits per heavy atom. The molecule has 1 atom stereocenters. The molecule has 1 N–H and O–H groups in total. The van der Waals surface area contributed by atoms with Crippen molar-refractivity contribution in [1.29, 1.82) is 0 Å². The molecule has 2 heterocycles. The molecule has 3 rings (SSSR count). The number of nitrogens with zero attached hydrogens (tertiary/aromatic N) is 3. The van der Waals surface area contributed by atoms with Gasteiger partial charge in [0.2, 0.25) is 0 Å². The third kappa shape index (κ3) is 2.10. The lowest BCUT2D eigenvalue weighted by atomic mass is 10.0. The summed E-state index contributed by atoms with van der Waals surface area (Å²) in [5.74, 6) is 0. The highest BCUT2D eigenvalue weighted by atomic mass is 32.1. The van der Waals surface area contributed by atoms with Crippen LogP contribution in [0.15, 0.2) is 41.8 Å². The van der Waals surface area contributed by atoms with Gasteiger partial charge in [-0.2, -0.15) is 0 Å². The Bertz CT molecular complexity index is 857. The molecule has 1 aliphatic rings. The van der Waals surface area contributed by atoms with E-state index in [-0.39, 0.29) is 5.69 Å². The molecule has 0 aliphatic carbocycles. The van der Waals surface area contributed by atoms with Gasteiger partial charge in [-0.3, -0.25) is 15.3 Å². The van der Waals surface area contributed by atoms with Crippen LogP contribution in [0.1, 0.15) is 24.3 Å². The Balaban J connectivity index is 2.22. The molecule has 0 saturated carbocycles. The summed E-state index contributed by atoms with van der Waals surface area (Å²) in [6.07, 6.45) is 0. The first kappa shape index (κ1) is 15.2. The predicted molar refractivity (Wildman–Crippen MR) is 85.2 cm³/mol. The second-order valence-electron chi connectivity index (χ2n) is 5.35. The van der Waals surface area contributed by atoms with Crippen molar-refractivity contribution in [1.82, 2.24) is 0 Å². The second kappa shape index (κ2) is 5.17. The molecule has 0 amide bonds. The van der Waals surface area contributed by atoms with E-state index in [0.29, 0.717) is 21.7 Å². The van der Waals surface area contributed by atoms with Crippen molar-refractivity contribution in [3.05, 3.63) is 67.5 Å². The first-order valence-corrected chi connectivity index (χ1v) is 7.71. The summed E-state index contributed by atoms with van der Waals surface area (Å²) in [6.45, 7) is 3.15. The van der Waals surface area contributed by atoms with Gasteiger partial charge in [-0.1, -0.05) is 12.1 Å². The number of nitro benzene ring substituents is 1. The number of rotatable bonds is 3. The summed E-state index contributed by atoms with van der Waals surface area (Å²) in [5, 5.41) is 36.2. The lowest BCUT2D eigenvalue weighted by Gasteiger charge is -2.17. The van der Waals surface area contributed by atoms with Gasteiger partial charge >= 0.3 is 11.4 Å². The highest BCUT2D eigenvalue weighted by molar-refractivity contribution is 7.13. The minimum absolute atomic E-state index is 0.132. The molecule has 0 saturated heterocycles. The number of nitro groups is 1. The van der Waals surface area contributed by atoms with E-state index in [4.69, 9.17) is 0 Å². The average Bonchev–Trinajstić information content (AvgIpc) is 3.12. The Morgan fingerprint density at radius 3 is 2.65 bits per heavy atom. The Labute approximate surface area is 135 Å². The fourth-order valence-corrected chi connectivity index (χ4v) is 3.54. The minimum Gasteiger partial charge on any atom is -0.618 e. The second-order valence-corrected chi connectivity index (χ2v) is 6.29. The third-order valence-electron chi connectivity index (χ3n) is 4.03.